The maximum atomic E-state index is 12.5. The SMILES string of the molecule is Cn1ccnc1OS(=O)(=O)C(F)(F)C(F)F. The van der Waals surface area contributed by atoms with Crippen LogP contribution in [0.4, 0.5) is 17.6 Å². The number of hydrogen-bond donors (Lipinski definition) is 0. The van der Waals surface area contributed by atoms with Crippen LogP contribution >= 0.6 is 0 Å². The third-order valence-electron chi connectivity index (χ3n) is 1.55. The molecule has 0 aromatic carbocycles. The van der Waals surface area contributed by atoms with Crippen LogP contribution in [0.2, 0.25) is 0 Å². The van der Waals surface area contributed by atoms with Gasteiger partial charge in [-0.3, -0.25) is 0 Å². The molecule has 0 saturated carbocycles. The van der Waals surface area contributed by atoms with Crippen LogP contribution in [0.1, 0.15) is 0 Å². The fraction of sp³-hybridized carbons (Fsp3) is 0.500. The highest BCUT2D eigenvalue weighted by atomic mass is 32.2. The van der Waals surface area contributed by atoms with Crippen LogP contribution < -0.4 is 4.18 Å². The lowest BCUT2D eigenvalue weighted by molar-refractivity contribution is -0.0682. The van der Waals surface area contributed by atoms with Crippen molar-refractivity contribution in [2.24, 2.45) is 7.05 Å². The van der Waals surface area contributed by atoms with Crippen molar-refractivity contribution in [3.05, 3.63) is 12.4 Å². The van der Waals surface area contributed by atoms with Gasteiger partial charge >= 0.3 is 27.8 Å². The van der Waals surface area contributed by atoms with Gasteiger partial charge in [0.15, 0.2) is 0 Å². The number of nitrogens with zero attached hydrogens (tertiary/aromatic N) is 2. The van der Waals surface area contributed by atoms with Gasteiger partial charge in [0.25, 0.3) is 0 Å². The zero-order chi connectivity index (χ0) is 12.6. The third-order valence-corrected chi connectivity index (χ3v) is 2.76. The molecule has 1 rings (SSSR count). The van der Waals surface area contributed by atoms with E-state index < -0.39 is 27.8 Å². The monoisotopic (exact) mass is 262 g/mol. The average molecular weight is 262 g/mol. The Morgan fingerprint density at radius 1 is 1.50 bits per heavy atom. The first kappa shape index (κ1) is 12.7. The van der Waals surface area contributed by atoms with Crippen molar-refractivity contribution in [2.75, 3.05) is 0 Å². The number of aryl methyl sites for hydroxylation is 1. The zero-order valence-electron chi connectivity index (χ0n) is 7.77. The first-order chi connectivity index (χ1) is 7.18. The molecule has 0 atom stereocenters. The molecule has 1 aromatic rings. The fourth-order valence-electron chi connectivity index (χ4n) is 0.695. The van der Waals surface area contributed by atoms with Crippen molar-refractivity contribution in [1.82, 2.24) is 9.55 Å². The van der Waals surface area contributed by atoms with Crippen LogP contribution in [0, 0.1) is 0 Å². The molecule has 0 spiro atoms. The molecule has 0 aliphatic rings. The topological polar surface area (TPSA) is 61.2 Å². The Morgan fingerprint density at radius 3 is 2.44 bits per heavy atom. The first-order valence-corrected chi connectivity index (χ1v) is 5.16. The number of imidazole rings is 1. The van der Waals surface area contributed by atoms with E-state index in [2.05, 4.69) is 9.17 Å². The summed E-state index contributed by atoms with van der Waals surface area (Å²) in [5.41, 5.74) is 0. The number of hydrogen-bond acceptors (Lipinski definition) is 4. The predicted octanol–water partition coefficient (Wildman–Crippen LogP) is 0.987. The van der Waals surface area contributed by atoms with Gasteiger partial charge in [-0.25, -0.2) is 13.8 Å². The number of halogens is 4. The van der Waals surface area contributed by atoms with E-state index in [1.54, 1.807) is 0 Å². The summed E-state index contributed by atoms with van der Waals surface area (Å²) in [4.78, 5) is 3.26. The minimum absolute atomic E-state index is 0.722. The smallest absolute Gasteiger partial charge is 0.340 e. The molecule has 92 valence electrons. The number of rotatable bonds is 4. The van der Waals surface area contributed by atoms with Crippen LogP contribution in [-0.2, 0) is 17.2 Å². The van der Waals surface area contributed by atoms with E-state index in [9.17, 15) is 26.0 Å². The number of aromatic nitrogens is 2. The Kier molecular flexibility index (Phi) is 3.13. The standard InChI is InChI=1S/C6H6F4N2O3S/c1-12-3-2-11-5(12)15-16(13,14)6(9,10)4(7)8/h2-4H,1H3. The minimum Gasteiger partial charge on any atom is -0.340 e. The Balaban J connectivity index is 3.02. The Labute approximate surface area is 87.8 Å². The zero-order valence-corrected chi connectivity index (χ0v) is 8.59. The highest BCUT2D eigenvalue weighted by Crippen LogP contribution is 2.30. The largest absolute Gasteiger partial charge is 0.439 e. The molecule has 0 saturated heterocycles. The van der Waals surface area contributed by atoms with Crippen molar-refractivity contribution < 1.29 is 30.2 Å². The summed E-state index contributed by atoms with van der Waals surface area (Å²) >= 11 is 0. The van der Waals surface area contributed by atoms with Gasteiger partial charge in [0.05, 0.1) is 0 Å². The van der Waals surface area contributed by atoms with Crippen LogP contribution in [0.25, 0.3) is 0 Å². The lowest BCUT2D eigenvalue weighted by Crippen LogP contribution is -2.39. The van der Waals surface area contributed by atoms with E-state index >= 15 is 0 Å². The average Bonchev–Trinajstić information content (AvgIpc) is 2.50. The van der Waals surface area contributed by atoms with Crippen molar-refractivity contribution in [3.8, 4) is 6.01 Å². The molecule has 0 unspecified atom stereocenters. The summed E-state index contributed by atoms with van der Waals surface area (Å²) in [5.74, 6) is 0. The van der Waals surface area contributed by atoms with Gasteiger partial charge in [-0.1, -0.05) is 0 Å². The van der Waals surface area contributed by atoms with Crippen molar-refractivity contribution in [3.63, 3.8) is 0 Å². The molecule has 0 aliphatic heterocycles. The molecule has 10 heteroatoms. The summed E-state index contributed by atoms with van der Waals surface area (Å²) in [5, 5.41) is -5.28. The normalized spacial score (nSPS) is 13.1. The Hall–Kier alpha value is -1.32. The van der Waals surface area contributed by atoms with Gasteiger partial charge < -0.3 is 8.75 Å². The molecule has 5 nitrogen and oxygen atoms in total. The van der Waals surface area contributed by atoms with Gasteiger partial charge in [0.1, 0.15) is 0 Å². The van der Waals surface area contributed by atoms with Crippen molar-refractivity contribution in [1.29, 1.82) is 0 Å². The molecule has 0 fully saturated rings. The Bertz CT molecular complexity index is 470. The molecule has 0 aliphatic carbocycles. The number of alkyl halides is 4. The highest BCUT2D eigenvalue weighted by Gasteiger charge is 2.56. The highest BCUT2D eigenvalue weighted by molar-refractivity contribution is 7.88. The minimum atomic E-state index is -5.77. The van der Waals surface area contributed by atoms with Crippen LogP contribution in [0.15, 0.2) is 12.4 Å². The summed E-state index contributed by atoms with van der Waals surface area (Å²) in [7, 11) is -4.52. The second-order valence-electron chi connectivity index (χ2n) is 2.72. The van der Waals surface area contributed by atoms with E-state index in [-0.39, 0.29) is 0 Å². The second-order valence-corrected chi connectivity index (χ2v) is 4.34. The third kappa shape index (κ3) is 2.10. The maximum absolute atomic E-state index is 12.5. The quantitative estimate of drug-likeness (QED) is 0.599. The molecule has 0 bridgehead atoms. The van der Waals surface area contributed by atoms with Crippen molar-refractivity contribution >= 4 is 10.1 Å². The molecule has 16 heavy (non-hydrogen) atoms. The molecule has 0 amide bonds. The van der Waals surface area contributed by atoms with E-state index in [0.29, 0.717) is 0 Å². The maximum Gasteiger partial charge on any atom is 0.439 e. The molecule has 0 N–H and O–H groups in total. The second kappa shape index (κ2) is 3.92. The van der Waals surface area contributed by atoms with Gasteiger partial charge in [0, 0.05) is 19.4 Å². The van der Waals surface area contributed by atoms with Crippen LogP contribution in [-0.4, -0.2) is 29.6 Å². The van der Waals surface area contributed by atoms with Gasteiger partial charge in [-0.15, -0.1) is 0 Å². The molecular weight excluding hydrogens is 256 g/mol. The van der Waals surface area contributed by atoms with E-state index in [0.717, 1.165) is 10.8 Å². The fourth-order valence-corrected chi connectivity index (χ4v) is 1.38. The summed E-state index contributed by atoms with van der Waals surface area (Å²) in [6.07, 6.45) is -2.12. The van der Waals surface area contributed by atoms with Gasteiger partial charge in [-0.05, 0) is 0 Å². The molecule has 1 aromatic heterocycles. The first-order valence-electron chi connectivity index (χ1n) is 3.76. The van der Waals surface area contributed by atoms with Crippen LogP contribution in [0.3, 0.4) is 0 Å². The van der Waals surface area contributed by atoms with Crippen molar-refractivity contribution in [2.45, 2.75) is 11.7 Å². The molecule has 1 heterocycles. The molecule has 0 radical (unpaired) electrons. The lowest BCUT2D eigenvalue weighted by atomic mass is 10.7. The summed E-state index contributed by atoms with van der Waals surface area (Å²) in [6, 6.07) is -0.722. The predicted molar refractivity (Wildman–Crippen MR) is 43.7 cm³/mol. The lowest BCUT2D eigenvalue weighted by Gasteiger charge is -2.15. The van der Waals surface area contributed by atoms with E-state index in [1.807, 2.05) is 0 Å². The van der Waals surface area contributed by atoms with E-state index in [4.69, 9.17) is 0 Å². The molecular formula is C6H6F4N2O3S. The van der Waals surface area contributed by atoms with Gasteiger partial charge in [0.2, 0.25) is 0 Å². The van der Waals surface area contributed by atoms with Crippen LogP contribution in [0.5, 0.6) is 6.01 Å². The van der Waals surface area contributed by atoms with E-state index in [1.165, 1.54) is 13.2 Å². The summed E-state index contributed by atoms with van der Waals surface area (Å²) < 4.78 is 75.0. The Morgan fingerprint density at radius 2 is 2.06 bits per heavy atom. The summed E-state index contributed by atoms with van der Waals surface area (Å²) in [6.45, 7) is 0. The van der Waals surface area contributed by atoms with Gasteiger partial charge in [-0.2, -0.15) is 17.2 Å².